The van der Waals surface area contributed by atoms with Crippen LogP contribution in [0, 0.1) is 5.82 Å². The highest BCUT2D eigenvalue weighted by molar-refractivity contribution is 6.30. The summed E-state index contributed by atoms with van der Waals surface area (Å²) in [6, 6.07) is 7.89. The van der Waals surface area contributed by atoms with Crippen LogP contribution in [0.1, 0.15) is 0 Å². The van der Waals surface area contributed by atoms with Crippen LogP contribution in [-0.2, 0) is 0 Å². The predicted molar refractivity (Wildman–Crippen MR) is 67.8 cm³/mol. The number of rotatable bonds is 1. The number of halogens is 2. The van der Waals surface area contributed by atoms with E-state index in [0.717, 1.165) is 0 Å². The second-order valence-corrected chi connectivity index (χ2v) is 4.23. The molecule has 2 aromatic heterocycles. The van der Waals surface area contributed by atoms with Crippen molar-refractivity contribution >= 4 is 22.9 Å². The lowest BCUT2D eigenvalue weighted by Crippen LogP contribution is -1.93. The highest BCUT2D eigenvalue weighted by atomic mass is 35.5. The van der Waals surface area contributed by atoms with Gasteiger partial charge in [0.15, 0.2) is 11.5 Å². The molecule has 2 heterocycles. The van der Waals surface area contributed by atoms with E-state index < -0.39 is 0 Å². The molecule has 2 N–H and O–H groups in total. The Labute approximate surface area is 107 Å². The van der Waals surface area contributed by atoms with Crippen molar-refractivity contribution in [1.82, 2.24) is 14.6 Å². The minimum atomic E-state index is -0.377. The average molecular weight is 263 g/mol. The zero-order chi connectivity index (χ0) is 12.7. The van der Waals surface area contributed by atoms with Gasteiger partial charge in [-0.15, -0.1) is 5.10 Å². The molecule has 6 heteroatoms. The second-order valence-electron chi connectivity index (χ2n) is 3.80. The summed E-state index contributed by atoms with van der Waals surface area (Å²) in [7, 11) is 0. The van der Waals surface area contributed by atoms with Gasteiger partial charge in [0.2, 0.25) is 0 Å². The number of aromatic nitrogens is 3. The van der Waals surface area contributed by atoms with Crippen molar-refractivity contribution in [3.05, 3.63) is 47.4 Å². The third kappa shape index (κ3) is 1.69. The minimum absolute atomic E-state index is 0.280. The van der Waals surface area contributed by atoms with E-state index >= 15 is 0 Å². The molecule has 0 radical (unpaired) electrons. The van der Waals surface area contributed by atoms with Gasteiger partial charge in [-0.1, -0.05) is 23.7 Å². The van der Waals surface area contributed by atoms with Crippen molar-refractivity contribution in [2.45, 2.75) is 0 Å². The van der Waals surface area contributed by atoms with Crippen molar-refractivity contribution in [2.75, 3.05) is 5.73 Å². The fourth-order valence-electron chi connectivity index (χ4n) is 1.73. The third-order valence-corrected chi connectivity index (χ3v) is 2.75. The van der Waals surface area contributed by atoms with Crippen LogP contribution in [0.3, 0.4) is 0 Å². The molecule has 3 aromatic rings. The van der Waals surface area contributed by atoms with Crippen molar-refractivity contribution in [3.63, 3.8) is 0 Å². The summed E-state index contributed by atoms with van der Waals surface area (Å²) in [4.78, 5) is 4.21. The van der Waals surface area contributed by atoms with Crippen molar-refractivity contribution in [1.29, 1.82) is 0 Å². The smallest absolute Gasteiger partial charge is 0.185 e. The summed E-state index contributed by atoms with van der Waals surface area (Å²) >= 11 is 5.87. The molecule has 0 aliphatic heterocycles. The van der Waals surface area contributed by atoms with E-state index in [9.17, 15) is 4.39 Å². The van der Waals surface area contributed by atoms with E-state index in [2.05, 4.69) is 10.1 Å². The molecule has 0 saturated heterocycles. The van der Waals surface area contributed by atoms with Crippen LogP contribution in [0.15, 0.2) is 36.5 Å². The van der Waals surface area contributed by atoms with Crippen molar-refractivity contribution < 1.29 is 4.39 Å². The first-order valence-electron chi connectivity index (χ1n) is 5.21. The highest BCUT2D eigenvalue weighted by Crippen LogP contribution is 2.23. The van der Waals surface area contributed by atoms with Crippen LogP contribution in [0.2, 0.25) is 5.02 Å². The summed E-state index contributed by atoms with van der Waals surface area (Å²) < 4.78 is 15.1. The van der Waals surface area contributed by atoms with Crippen LogP contribution < -0.4 is 5.73 Å². The number of anilines is 1. The van der Waals surface area contributed by atoms with Gasteiger partial charge < -0.3 is 5.73 Å². The van der Waals surface area contributed by atoms with Gasteiger partial charge in [0.05, 0.1) is 16.3 Å². The van der Waals surface area contributed by atoms with Crippen LogP contribution >= 0.6 is 11.6 Å². The monoisotopic (exact) mass is 262 g/mol. The molecule has 0 amide bonds. The Morgan fingerprint density at radius 2 is 2.06 bits per heavy atom. The van der Waals surface area contributed by atoms with E-state index in [-0.39, 0.29) is 11.6 Å². The highest BCUT2D eigenvalue weighted by Gasteiger charge is 2.12. The van der Waals surface area contributed by atoms with Crippen LogP contribution in [0.5, 0.6) is 0 Å². The van der Waals surface area contributed by atoms with Gasteiger partial charge in [-0.3, -0.25) is 0 Å². The lowest BCUT2D eigenvalue weighted by molar-refractivity contribution is 0.630. The van der Waals surface area contributed by atoms with E-state index in [4.69, 9.17) is 17.3 Å². The Bertz CT molecular complexity index is 738. The van der Waals surface area contributed by atoms with E-state index in [1.165, 1.54) is 10.6 Å². The molecular weight excluding hydrogens is 255 g/mol. The fraction of sp³-hybridized carbons (Fsp3) is 0. The standard InChI is InChI=1S/C12H8ClFN4/c13-7-5-10(15)12-16-11(17-18(12)6-7)8-3-1-2-4-9(8)14/h1-6H,15H2. The molecule has 3 rings (SSSR count). The maximum absolute atomic E-state index is 13.6. The quantitative estimate of drug-likeness (QED) is 0.734. The maximum atomic E-state index is 13.6. The summed E-state index contributed by atoms with van der Waals surface area (Å²) in [5.74, 6) is -0.0971. The number of fused-ring (bicyclic) bond motifs is 1. The number of pyridine rings is 1. The first kappa shape index (κ1) is 11.0. The maximum Gasteiger partial charge on any atom is 0.185 e. The minimum Gasteiger partial charge on any atom is -0.396 e. The number of nitrogen functional groups attached to an aromatic ring is 1. The molecule has 0 aliphatic rings. The summed E-state index contributed by atoms with van der Waals surface area (Å²) in [5, 5.41) is 4.62. The second kappa shape index (κ2) is 3.96. The number of hydrogen-bond acceptors (Lipinski definition) is 3. The number of nitrogens with zero attached hydrogens (tertiary/aromatic N) is 3. The summed E-state index contributed by atoms with van der Waals surface area (Å²) in [5.41, 5.74) is 6.97. The molecule has 0 atom stereocenters. The van der Waals surface area contributed by atoms with Crippen LogP contribution in [0.4, 0.5) is 10.1 Å². The average Bonchev–Trinajstić information content (AvgIpc) is 2.73. The Balaban J connectivity index is 2.26. The van der Waals surface area contributed by atoms with Gasteiger partial charge in [0.25, 0.3) is 0 Å². The molecular formula is C12H8ClFN4. The van der Waals surface area contributed by atoms with E-state index in [0.29, 0.717) is 21.9 Å². The van der Waals surface area contributed by atoms with Crippen LogP contribution in [-0.4, -0.2) is 14.6 Å². The van der Waals surface area contributed by atoms with Gasteiger partial charge in [-0.25, -0.2) is 13.9 Å². The largest absolute Gasteiger partial charge is 0.396 e. The third-order valence-electron chi connectivity index (χ3n) is 2.54. The molecule has 4 nitrogen and oxygen atoms in total. The Morgan fingerprint density at radius 3 is 2.83 bits per heavy atom. The SMILES string of the molecule is Nc1cc(Cl)cn2nc(-c3ccccc3F)nc12. The molecule has 0 fully saturated rings. The van der Waals surface area contributed by atoms with Crippen molar-refractivity contribution in [2.24, 2.45) is 0 Å². The summed E-state index contributed by atoms with van der Waals surface area (Å²) in [6.45, 7) is 0. The normalized spacial score (nSPS) is 11.0. The molecule has 0 aliphatic carbocycles. The van der Waals surface area contributed by atoms with Gasteiger partial charge in [-0.2, -0.15) is 0 Å². The fourth-order valence-corrected chi connectivity index (χ4v) is 1.94. The number of benzene rings is 1. The van der Waals surface area contributed by atoms with Gasteiger partial charge in [-0.05, 0) is 18.2 Å². The van der Waals surface area contributed by atoms with Gasteiger partial charge in [0, 0.05) is 6.20 Å². The molecule has 18 heavy (non-hydrogen) atoms. The Morgan fingerprint density at radius 1 is 1.28 bits per heavy atom. The first-order valence-corrected chi connectivity index (χ1v) is 5.59. The number of hydrogen-bond donors (Lipinski definition) is 1. The van der Waals surface area contributed by atoms with Gasteiger partial charge >= 0.3 is 0 Å². The topological polar surface area (TPSA) is 56.2 Å². The molecule has 0 spiro atoms. The Kier molecular flexibility index (Phi) is 2.41. The van der Waals surface area contributed by atoms with Gasteiger partial charge in [0.1, 0.15) is 5.82 Å². The number of nitrogens with two attached hydrogens (primary N) is 1. The van der Waals surface area contributed by atoms with E-state index in [1.807, 2.05) is 0 Å². The lowest BCUT2D eigenvalue weighted by atomic mass is 10.2. The zero-order valence-corrected chi connectivity index (χ0v) is 9.89. The first-order chi connectivity index (χ1) is 8.65. The van der Waals surface area contributed by atoms with Crippen molar-refractivity contribution in [3.8, 4) is 11.4 Å². The van der Waals surface area contributed by atoms with Crippen LogP contribution in [0.25, 0.3) is 17.0 Å². The summed E-state index contributed by atoms with van der Waals surface area (Å²) in [6.07, 6.45) is 1.57. The molecule has 1 aromatic carbocycles. The molecule has 0 saturated carbocycles. The molecule has 0 unspecified atom stereocenters. The lowest BCUT2D eigenvalue weighted by Gasteiger charge is -1.95. The Hall–Kier alpha value is -2.14. The zero-order valence-electron chi connectivity index (χ0n) is 9.14. The van der Waals surface area contributed by atoms with E-state index in [1.54, 1.807) is 30.5 Å². The molecule has 0 bridgehead atoms. The predicted octanol–water partition coefficient (Wildman–Crippen LogP) is 2.77. The molecule has 90 valence electrons.